The fourth-order valence-electron chi connectivity index (χ4n) is 3.20. The number of aryl methyl sites for hydroxylation is 1. The number of aromatic hydroxyl groups is 5. The molecule has 0 unspecified atom stereocenters. The summed E-state index contributed by atoms with van der Waals surface area (Å²) in [5.41, 5.74) is 3.18. The number of benzene rings is 2. The summed E-state index contributed by atoms with van der Waals surface area (Å²) in [6.07, 6.45) is 4.58. The first-order valence-electron chi connectivity index (χ1n) is 10.1. The smallest absolute Gasteiger partial charge is 0.170 e. The van der Waals surface area contributed by atoms with Gasteiger partial charge in [-0.1, -0.05) is 29.4 Å². The van der Waals surface area contributed by atoms with Gasteiger partial charge in [0.05, 0.1) is 0 Å². The summed E-state index contributed by atoms with van der Waals surface area (Å²) in [5, 5.41) is 50.8. The van der Waals surface area contributed by atoms with Crippen LogP contribution in [-0.4, -0.2) is 31.3 Å². The second kappa shape index (κ2) is 10.1. The highest BCUT2D eigenvalue weighted by Gasteiger charge is 2.22. The molecule has 0 heterocycles. The van der Waals surface area contributed by atoms with Gasteiger partial charge in [0.15, 0.2) is 17.3 Å². The van der Waals surface area contributed by atoms with Crippen LogP contribution in [0, 0.1) is 0 Å². The predicted molar refractivity (Wildman–Crippen MR) is 120 cm³/mol. The monoisotopic (exact) mass is 426 g/mol. The molecule has 0 amide bonds. The molecule has 0 aromatic heterocycles. The van der Waals surface area contributed by atoms with Gasteiger partial charge in [-0.3, -0.25) is 4.79 Å². The number of allylic oxidation sites excluding steroid dienone is 4. The van der Waals surface area contributed by atoms with E-state index in [9.17, 15) is 30.3 Å². The first kappa shape index (κ1) is 23.9. The van der Waals surface area contributed by atoms with Gasteiger partial charge in [0.1, 0.15) is 22.8 Å². The maximum Gasteiger partial charge on any atom is 0.170 e. The number of Topliss-reactive ketones (excluding diaryl/α,β-unsaturated/α-hetero) is 1. The molecule has 6 nitrogen and oxygen atoms in total. The first-order chi connectivity index (χ1) is 14.5. The second-order valence-electron chi connectivity index (χ2n) is 8.13. The molecule has 6 heteroatoms. The summed E-state index contributed by atoms with van der Waals surface area (Å²) < 4.78 is 0. The third-order valence-corrected chi connectivity index (χ3v) is 4.95. The van der Waals surface area contributed by atoms with Crippen LogP contribution in [0.3, 0.4) is 0 Å². The molecule has 0 fully saturated rings. The third kappa shape index (κ3) is 6.04. The average molecular weight is 427 g/mol. The third-order valence-electron chi connectivity index (χ3n) is 4.95. The van der Waals surface area contributed by atoms with Crippen molar-refractivity contribution in [1.82, 2.24) is 0 Å². The molecule has 0 bridgehead atoms. The van der Waals surface area contributed by atoms with E-state index >= 15 is 0 Å². The molecule has 0 aliphatic heterocycles. The summed E-state index contributed by atoms with van der Waals surface area (Å²) in [7, 11) is 0. The molecule has 2 rings (SSSR count). The quantitative estimate of drug-likeness (QED) is 0.229. The summed E-state index contributed by atoms with van der Waals surface area (Å²) in [5.74, 6) is -2.15. The van der Waals surface area contributed by atoms with Crippen molar-refractivity contribution in [2.75, 3.05) is 0 Å². The zero-order chi connectivity index (χ0) is 23.3. The Balaban J connectivity index is 2.28. The van der Waals surface area contributed by atoms with E-state index in [1.807, 2.05) is 33.8 Å². The van der Waals surface area contributed by atoms with Gasteiger partial charge in [0, 0.05) is 23.6 Å². The Morgan fingerprint density at radius 3 is 2.00 bits per heavy atom. The molecule has 0 saturated heterocycles. The number of hydrogen-bond acceptors (Lipinski definition) is 6. The number of ketones is 1. The first-order valence-corrected chi connectivity index (χ1v) is 10.1. The van der Waals surface area contributed by atoms with E-state index < -0.39 is 17.3 Å². The molecule has 2 aromatic rings. The highest BCUT2D eigenvalue weighted by Crippen LogP contribution is 2.39. The standard InChI is InChI=1S/C25H30O6/c1-14(2)5-8-17-11-16(12-22(29)24(17)30)7-10-19(26)23-21(28)13-20(27)18(25(23)31)9-6-15(3)4/h5-6,11-13,27-31H,7-10H2,1-4H3. The van der Waals surface area contributed by atoms with Gasteiger partial charge in [0.25, 0.3) is 0 Å². The summed E-state index contributed by atoms with van der Waals surface area (Å²) >= 11 is 0. The molecule has 31 heavy (non-hydrogen) atoms. The van der Waals surface area contributed by atoms with Gasteiger partial charge in [-0.05, 0) is 58.6 Å². The second-order valence-corrected chi connectivity index (χ2v) is 8.13. The molecule has 2 aromatic carbocycles. The van der Waals surface area contributed by atoms with Crippen molar-refractivity contribution >= 4 is 5.78 Å². The van der Waals surface area contributed by atoms with Crippen LogP contribution in [0.4, 0.5) is 0 Å². The van der Waals surface area contributed by atoms with E-state index in [-0.39, 0.29) is 47.6 Å². The molecule has 0 aliphatic carbocycles. The minimum absolute atomic E-state index is 0.0414. The van der Waals surface area contributed by atoms with Crippen molar-refractivity contribution in [3.05, 3.63) is 63.8 Å². The van der Waals surface area contributed by atoms with Crippen molar-refractivity contribution in [2.24, 2.45) is 0 Å². The van der Waals surface area contributed by atoms with Gasteiger partial charge < -0.3 is 25.5 Å². The topological polar surface area (TPSA) is 118 Å². The lowest BCUT2D eigenvalue weighted by atomic mass is 9.95. The normalized spacial score (nSPS) is 10.6. The number of phenolic OH excluding ortho intramolecular Hbond substituents is 5. The van der Waals surface area contributed by atoms with Crippen LogP contribution in [0.5, 0.6) is 28.7 Å². The zero-order valence-electron chi connectivity index (χ0n) is 18.4. The van der Waals surface area contributed by atoms with Gasteiger partial charge >= 0.3 is 0 Å². The number of phenols is 5. The van der Waals surface area contributed by atoms with Crippen LogP contribution >= 0.6 is 0 Å². The van der Waals surface area contributed by atoms with Crippen LogP contribution in [0.15, 0.2) is 41.5 Å². The van der Waals surface area contributed by atoms with E-state index in [2.05, 4.69) is 0 Å². The summed E-state index contributed by atoms with van der Waals surface area (Å²) in [6.45, 7) is 7.61. The Kier molecular flexibility index (Phi) is 7.75. The molecule has 0 saturated carbocycles. The summed E-state index contributed by atoms with van der Waals surface area (Å²) in [6, 6.07) is 4.18. The molecule has 0 atom stereocenters. The largest absolute Gasteiger partial charge is 0.507 e. The van der Waals surface area contributed by atoms with Gasteiger partial charge in [0.2, 0.25) is 0 Å². The lowest BCUT2D eigenvalue weighted by Gasteiger charge is -2.13. The average Bonchev–Trinajstić information content (AvgIpc) is 2.66. The maximum absolute atomic E-state index is 12.8. The Morgan fingerprint density at radius 1 is 0.774 bits per heavy atom. The highest BCUT2D eigenvalue weighted by molar-refractivity contribution is 6.02. The Bertz CT molecular complexity index is 1040. The van der Waals surface area contributed by atoms with Gasteiger partial charge in [-0.25, -0.2) is 0 Å². The van der Waals surface area contributed by atoms with E-state index in [0.717, 1.165) is 17.2 Å². The Hall–Kier alpha value is -3.41. The molecule has 0 aliphatic rings. The fraction of sp³-hybridized carbons (Fsp3) is 0.320. The van der Waals surface area contributed by atoms with Crippen LogP contribution in [0.1, 0.15) is 61.2 Å². The van der Waals surface area contributed by atoms with E-state index in [0.29, 0.717) is 17.5 Å². The minimum Gasteiger partial charge on any atom is -0.507 e. The molecule has 0 spiro atoms. The molecular weight excluding hydrogens is 396 g/mol. The highest BCUT2D eigenvalue weighted by atomic mass is 16.3. The lowest BCUT2D eigenvalue weighted by Crippen LogP contribution is -2.04. The molecule has 5 N–H and O–H groups in total. The van der Waals surface area contributed by atoms with Crippen LogP contribution in [0.25, 0.3) is 0 Å². The van der Waals surface area contributed by atoms with Crippen molar-refractivity contribution in [1.29, 1.82) is 0 Å². The number of rotatable bonds is 8. The zero-order valence-corrected chi connectivity index (χ0v) is 18.4. The minimum atomic E-state index is -0.494. The van der Waals surface area contributed by atoms with E-state index in [1.54, 1.807) is 12.1 Å². The molecule has 0 radical (unpaired) electrons. The summed E-state index contributed by atoms with van der Waals surface area (Å²) in [4.78, 5) is 12.8. The van der Waals surface area contributed by atoms with Crippen molar-refractivity contribution in [3.63, 3.8) is 0 Å². The van der Waals surface area contributed by atoms with E-state index in [1.165, 1.54) is 6.07 Å². The van der Waals surface area contributed by atoms with E-state index in [4.69, 9.17) is 0 Å². The number of carbonyl (C=O) groups is 1. The van der Waals surface area contributed by atoms with Crippen molar-refractivity contribution in [2.45, 2.75) is 53.4 Å². The Labute approximate surface area is 182 Å². The predicted octanol–water partition coefficient (Wildman–Crippen LogP) is 5.05. The fourth-order valence-corrected chi connectivity index (χ4v) is 3.20. The Morgan fingerprint density at radius 2 is 1.39 bits per heavy atom. The molecule has 166 valence electrons. The van der Waals surface area contributed by atoms with Crippen LogP contribution < -0.4 is 0 Å². The van der Waals surface area contributed by atoms with Crippen molar-refractivity contribution in [3.8, 4) is 28.7 Å². The van der Waals surface area contributed by atoms with Gasteiger partial charge in [-0.15, -0.1) is 0 Å². The number of carbonyl (C=O) groups excluding carboxylic acids is 1. The maximum atomic E-state index is 12.8. The van der Waals surface area contributed by atoms with Crippen molar-refractivity contribution < 1.29 is 30.3 Å². The lowest BCUT2D eigenvalue weighted by molar-refractivity contribution is 0.0977. The van der Waals surface area contributed by atoms with Crippen LogP contribution in [0.2, 0.25) is 0 Å². The molecular formula is C25H30O6. The van der Waals surface area contributed by atoms with Crippen LogP contribution in [-0.2, 0) is 19.3 Å². The van der Waals surface area contributed by atoms with Gasteiger partial charge in [-0.2, -0.15) is 0 Å². The SMILES string of the molecule is CC(C)=CCc1cc(CCC(=O)c2c(O)cc(O)c(CC=C(C)C)c2O)cc(O)c1O. The number of hydrogen-bond donors (Lipinski definition) is 5.